The second-order valence-corrected chi connectivity index (χ2v) is 3.53. The molecule has 0 saturated heterocycles. The largest absolute Gasteiger partial charge is 0.496 e. The van der Waals surface area contributed by atoms with E-state index in [2.05, 4.69) is 4.98 Å². The van der Waals surface area contributed by atoms with Gasteiger partial charge in [-0.15, -0.1) is 0 Å². The van der Waals surface area contributed by atoms with Gasteiger partial charge in [0.05, 0.1) is 12.1 Å². The van der Waals surface area contributed by atoms with Gasteiger partial charge in [-0.3, -0.25) is 4.98 Å². The molecule has 15 heavy (non-hydrogen) atoms. The minimum atomic E-state index is 0.624. The Morgan fingerprint density at radius 3 is 2.73 bits per heavy atom. The SMILES string of the molecule is COc1ccccc1-c1cncc(Cl)c1. The number of hydrogen-bond donors (Lipinski definition) is 0. The number of aromatic nitrogens is 1. The molecule has 0 atom stereocenters. The van der Waals surface area contributed by atoms with Gasteiger partial charge < -0.3 is 4.74 Å². The predicted molar refractivity (Wildman–Crippen MR) is 61.2 cm³/mol. The fourth-order valence-corrected chi connectivity index (χ4v) is 1.62. The van der Waals surface area contributed by atoms with Crippen molar-refractivity contribution in [3.63, 3.8) is 0 Å². The zero-order valence-corrected chi connectivity index (χ0v) is 9.03. The maximum Gasteiger partial charge on any atom is 0.126 e. The molecule has 0 aliphatic carbocycles. The van der Waals surface area contributed by atoms with Crippen molar-refractivity contribution in [3.8, 4) is 16.9 Å². The zero-order chi connectivity index (χ0) is 10.7. The first-order chi connectivity index (χ1) is 7.31. The molecule has 1 aromatic carbocycles. The number of hydrogen-bond acceptors (Lipinski definition) is 2. The van der Waals surface area contributed by atoms with Crippen LogP contribution in [0.1, 0.15) is 0 Å². The van der Waals surface area contributed by atoms with Crippen LogP contribution in [0.25, 0.3) is 11.1 Å². The van der Waals surface area contributed by atoms with Crippen molar-refractivity contribution >= 4 is 11.6 Å². The average Bonchev–Trinajstić information content (AvgIpc) is 2.29. The number of benzene rings is 1. The van der Waals surface area contributed by atoms with Crippen LogP contribution < -0.4 is 4.74 Å². The van der Waals surface area contributed by atoms with Gasteiger partial charge in [0.15, 0.2) is 0 Å². The standard InChI is InChI=1S/C12H10ClNO/c1-15-12-5-3-2-4-11(12)9-6-10(13)8-14-7-9/h2-8H,1H3. The van der Waals surface area contributed by atoms with Crippen LogP contribution in [-0.2, 0) is 0 Å². The molecular weight excluding hydrogens is 210 g/mol. The number of methoxy groups -OCH3 is 1. The van der Waals surface area contributed by atoms with Crippen molar-refractivity contribution in [2.45, 2.75) is 0 Å². The lowest BCUT2D eigenvalue weighted by atomic mass is 10.1. The summed E-state index contributed by atoms with van der Waals surface area (Å²) < 4.78 is 5.27. The summed E-state index contributed by atoms with van der Waals surface area (Å²) in [5.41, 5.74) is 1.95. The summed E-state index contributed by atoms with van der Waals surface area (Å²) in [6, 6.07) is 9.65. The summed E-state index contributed by atoms with van der Waals surface area (Å²) in [7, 11) is 1.65. The Morgan fingerprint density at radius 1 is 1.20 bits per heavy atom. The molecule has 0 radical (unpaired) electrons. The van der Waals surface area contributed by atoms with Crippen molar-refractivity contribution < 1.29 is 4.74 Å². The maximum absolute atomic E-state index is 5.89. The van der Waals surface area contributed by atoms with Crippen LogP contribution in [0.5, 0.6) is 5.75 Å². The zero-order valence-electron chi connectivity index (χ0n) is 8.27. The molecule has 2 aromatic rings. The van der Waals surface area contributed by atoms with E-state index < -0.39 is 0 Å². The van der Waals surface area contributed by atoms with Crippen molar-refractivity contribution in [1.82, 2.24) is 4.98 Å². The Hall–Kier alpha value is -1.54. The van der Waals surface area contributed by atoms with E-state index in [0.717, 1.165) is 16.9 Å². The van der Waals surface area contributed by atoms with Gasteiger partial charge in [-0.25, -0.2) is 0 Å². The van der Waals surface area contributed by atoms with E-state index in [1.54, 1.807) is 19.5 Å². The second-order valence-electron chi connectivity index (χ2n) is 3.09. The average molecular weight is 220 g/mol. The van der Waals surface area contributed by atoms with Gasteiger partial charge in [0.2, 0.25) is 0 Å². The first-order valence-corrected chi connectivity index (χ1v) is 4.93. The van der Waals surface area contributed by atoms with Gasteiger partial charge in [0, 0.05) is 23.5 Å². The van der Waals surface area contributed by atoms with E-state index in [0.29, 0.717) is 5.02 Å². The minimum Gasteiger partial charge on any atom is -0.496 e. The summed E-state index contributed by atoms with van der Waals surface area (Å²) in [4.78, 5) is 4.05. The molecule has 0 amide bonds. The highest BCUT2D eigenvalue weighted by molar-refractivity contribution is 6.30. The third-order valence-electron chi connectivity index (χ3n) is 2.12. The molecule has 76 valence electrons. The van der Waals surface area contributed by atoms with Gasteiger partial charge >= 0.3 is 0 Å². The lowest BCUT2D eigenvalue weighted by Crippen LogP contribution is -1.87. The number of para-hydroxylation sites is 1. The fraction of sp³-hybridized carbons (Fsp3) is 0.0833. The quantitative estimate of drug-likeness (QED) is 0.772. The third-order valence-corrected chi connectivity index (χ3v) is 2.33. The molecule has 0 N–H and O–H groups in total. The van der Waals surface area contributed by atoms with E-state index >= 15 is 0 Å². The van der Waals surface area contributed by atoms with E-state index in [4.69, 9.17) is 16.3 Å². The van der Waals surface area contributed by atoms with Crippen LogP contribution in [0.2, 0.25) is 5.02 Å². The van der Waals surface area contributed by atoms with Crippen LogP contribution in [0.15, 0.2) is 42.7 Å². The van der Waals surface area contributed by atoms with Crippen molar-refractivity contribution in [3.05, 3.63) is 47.7 Å². The summed E-state index contributed by atoms with van der Waals surface area (Å²) in [5.74, 6) is 0.821. The van der Waals surface area contributed by atoms with Gasteiger partial charge in [0.25, 0.3) is 0 Å². The molecule has 0 unspecified atom stereocenters. The third kappa shape index (κ3) is 2.10. The lowest BCUT2D eigenvalue weighted by molar-refractivity contribution is 0.416. The Kier molecular flexibility index (Phi) is 2.88. The Morgan fingerprint density at radius 2 is 2.00 bits per heavy atom. The second kappa shape index (κ2) is 4.32. The van der Waals surface area contributed by atoms with Crippen LogP contribution in [0, 0.1) is 0 Å². The van der Waals surface area contributed by atoms with Crippen LogP contribution in [-0.4, -0.2) is 12.1 Å². The van der Waals surface area contributed by atoms with E-state index in [9.17, 15) is 0 Å². The van der Waals surface area contributed by atoms with Gasteiger partial charge in [-0.05, 0) is 12.1 Å². The fourth-order valence-electron chi connectivity index (χ4n) is 1.44. The van der Waals surface area contributed by atoms with Crippen LogP contribution >= 0.6 is 11.6 Å². The Balaban J connectivity index is 2.53. The molecular formula is C12H10ClNO. The highest BCUT2D eigenvalue weighted by Gasteiger charge is 2.04. The molecule has 2 rings (SSSR count). The molecule has 0 fully saturated rings. The van der Waals surface area contributed by atoms with E-state index in [-0.39, 0.29) is 0 Å². The van der Waals surface area contributed by atoms with Crippen molar-refractivity contribution in [2.75, 3.05) is 7.11 Å². The molecule has 0 aliphatic rings. The van der Waals surface area contributed by atoms with Gasteiger partial charge in [-0.1, -0.05) is 29.8 Å². The normalized spacial score (nSPS) is 10.0. The van der Waals surface area contributed by atoms with E-state index in [1.165, 1.54) is 0 Å². The molecule has 1 aromatic heterocycles. The molecule has 3 heteroatoms. The molecule has 0 bridgehead atoms. The molecule has 0 aliphatic heterocycles. The highest BCUT2D eigenvalue weighted by Crippen LogP contribution is 2.29. The first kappa shape index (κ1) is 9.99. The highest BCUT2D eigenvalue weighted by atomic mass is 35.5. The molecule has 0 spiro atoms. The van der Waals surface area contributed by atoms with Crippen molar-refractivity contribution in [2.24, 2.45) is 0 Å². The number of rotatable bonds is 2. The predicted octanol–water partition coefficient (Wildman–Crippen LogP) is 3.41. The summed E-state index contributed by atoms with van der Waals surface area (Å²) in [6.07, 6.45) is 3.38. The maximum atomic E-state index is 5.89. The molecule has 0 saturated carbocycles. The Bertz CT molecular complexity index is 471. The first-order valence-electron chi connectivity index (χ1n) is 4.55. The number of nitrogens with zero attached hydrogens (tertiary/aromatic N) is 1. The topological polar surface area (TPSA) is 22.1 Å². The number of ether oxygens (including phenoxy) is 1. The molecule has 2 nitrogen and oxygen atoms in total. The lowest BCUT2D eigenvalue weighted by Gasteiger charge is -2.07. The summed E-state index contributed by atoms with van der Waals surface area (Å²) in [5, 5.41) is 0.624. The van der Waals surface area contributed by atoms with Crippen molar-refractivity contribution in [1.29, 1.82) is 0 Å². The summed E-state index contributed by atoms with van der Waals surface area (Å²) >= 11 is 5.89. The van der Waals surface area contributed by atoms with Gasteiger partial charge in [0.1, 0.15) is 5.75 Å². The van der Waals surface area contributed by atoms with E-state index in [1.807, 2.05) is 30.3 Å². The van der Waals surface area contributed by atoms with Gasteiger partial charge in [-0.2, -0.15) is 0 Å². The number of pyridine rings is 1. The smallest absolute Gasteiger partial charge is 0.126 e. The van der Waals surface area contributed by atoms with Crippen LogP contribution in [0.3, 0.4) is 0 Å². The monoisotopic (exact) mass is 219 g/mol. The minimum absolute atomic E-state index is 0.624. The van der Waals surface area contributed by atoms with Crippen LogP contribution in [0.4, 0.5) is 0 Å². The summed E-state index contributed by atoms with van der Waals surface area (Å²) in [6.45, 7) is 0. The number of halogens is 1. The Labute approximate surface area is 93.5 Å². The molecule has 1 heterocycles.